The molecule has 4 nitrogen and oxygen atoms in total. The Bertz CT molecular complexity index is 3530. The van der Waals surface area contributed by atoms with Crippen LogP contribution in [0.1, 0.15) is 0 Å². The number of rotatable bonds is 5. The fourth-order valence-corrected chi connectivity index (χ4v) is 9.16. The molecule has 12 rings (SSSR count). The molecule has 0 aliphatic heterocycles. The minimum atomic E-state index is 0.918. The normalized spacial score (nSPS) is 11.7. The summed E-state index contributed by atoms with van der Waals surface area (Å²) in [6.07, 6.45) is 1.85. The fraction of sp³-hybridized carbons (Fsp3) is 0. The Morgan fingerprint density at radius 3 is 1.66 bits per heavy atom. The molecule has 0 bridgehead atoms. The Hall–Kier alpha value is -7.95. The molecule has 3 heterocycles. The van der Waals surface area contributed by atoms with Crippen LogP contribution >= 0.6 is 0 Å². The minimum Gasteiger partial charge on any atom is -0.254 e. The summed E-state index contributed by atoms with van der Waals surface area (Å²) in [6.45, 7) is 0. The highest BCUT2D eigenvalue weighted by Gasteiger charge is 2.22. The zero-order chi connectivity index (χ0) is 38.9. The van der Waals surface area contributed by atoms with Gasteiger partial charge in [-0.25, -0.2) is 9.67 Å². The van der Waals surface area contributed by atoms with Gasteiger partial charge in [0.15, 0.2) is 0 Å². The Labute approximate surface area is 340 Å². The average molecular weight is 751 g/mol. The Morgan fingerprint density at radius 1 is 0.390 bits per heavy atom. The molecule has 0 saturated carbocycles. The van der Waals surface area contributed by atoms with Crippen molar-refractivity contribution in [3.63, 3.8) is 0 Å². The van der Waals surface area contributed by atoms with Gasteiger partial charge in [0.2, 0.25) is 0 Å². The molecular weight excluding hydrogens is 717 g/mol. The largest absolute Gasteiger partial charge is 0.254 e. The van der Waals surface area contributed by atoms with E-state index in [2.05, 4.69) is 199 Å². The van der Waals surface area contributed by atoms with E-state index in [-0.39, 0.29) is 0 Å². The van der Waals surface area contributed by atoms with Gasteiger partial charge in [0, 0.05) is 38.9 Å². The van der Waals surface area contributed by atoms with Crippen LogP contribution in [-0.2, 0) is 0 Å². The van der Waals surface area contributed by atoms with E-state index in [0.717, 1.165) is 77.6 Å². The van der Waals surface area contributed by atoms with Crippen LogP contribution in [0.25, 0.3) is 115 Å². The van der Waals surface area contributed by atoms with Gasteiger partial charge in [0.05, 0.1) is 27.9 Å². The van der Waals surface area contributed by atoms with E-state index in [4.69, 9.17) is 15.1 Å². The van der Waals surface area contributed by atoms with E-state index in [1.54, 1.807) is 0 Å². The summed E-state index contributed by atoms with van der Waals surface area (Å²) in [6, 6.07) is 71.4. The average Bonchev–Trinajstić information content (AvgIpc) is 3.72. The van der Waals surface area contributed by atoms with Crippen molar-refractivity contribution in [3.05, 3.63) is 206 Å². The van der Waals surface area contributed by atoms with E-state index in [9.17, 15) is 0 Å². The highest BCUT2D eigenvalue weighted by atomic mass is 15.3. The van der Waals surface area contributed by atoms with Gasteiger partial charge < -0.3 is 0 Å². The smallest absolute Gasteiger partial charge is 0.101 e. The second kappa shape index (κ2) is 13.3. The van der Waals surface area contributed by atoms with Crippen molar-refractivity contribution in [2.45, 2.75) is 0 Å². The standard InChI is InChI=1S/C55H34N4/c1-3-14-37(15-4-1)52-51-47(34-40-16-7-8-20-42(40)55(51)59(58-52)41-18-5-2-6-19-41)35-25-27-36(28-26-35)49-43-21-9-11-23-45(43)50(46-24-12-10-22-44(46)49)48-32-31-39-30-29-38-17-13-33-56-53(38)54(39)57-48/h1-34H. The molecule has 0 spiro atoms. The van der Waals surface area contributed by atoms with Crippen molar-refractivity contribution in [1.29, 1.82) is 0 Å². The van der Waals surface area contributed by atoms with Crippen molar-refractivity contribution in [2.24, 2.45) is 0 Å². The van der Waals surface area contributed by atoms with Gasteiger partial charge in [-0.05, 0) is 79.5 Å². The van der Waals surface area contributed by atoms with Gasteiger partial charge in [-0.1, -0.05) is 170 Å². The predicted octanol–water partition coefficient (Wildman–Crippen LogP) is 14.2. The topological polar surface area (TPSA) is 43.6 Å². The Balaban J connectivity index is 1.07. The summed E-state index contributed by atoms with van der Waals surface area (Å²) >= 11 is 0. The van der Waals surface area contributed by atoms with Crippen molar-refractivity contribution in [1.82, 2.24) is 19.7 Å². The first-order valence-corrected chi connectivity index (χ1v) is 20.0. The van der Waals surface area contributed by atoms with Crippen LogP contribution in [0.4, 0.5) is 0 Å². The second-order valence-electron chi connectivity index (χ2n) is 15.2. The third kappa shape index (κ3) is 5.27. The first-order valence-electron chi connectivity index (χ1n) is 20.0. The van der Waals surface area contributed by atoms with Crippen LogP contribution in [-0.4, -0.2) is 19.7 Å². The molecule has 0 unspecified atom stereocenters. The van der Waals surface area contributed by atoms with Gasteiger partial charge in [-0.2, -0.15) is 5.10 Å². The van der Waals surface area contributed by atoms with Crippen molar-refractivity contribution in [2.75, 3.05) is 0 Å². The molecule has 3 aromatic heterocycles. The number of benzene rings is 9. The highest BCUT2D eigenvalue weighted by Crippen LogP contribution is 2.46. The number of aromatic nitrogens is 4. The van der Waals surface area contributed by atoms with Gasteiger partial charge >= 0.3 is 0 Å². The lowest BCUT2D eigenvalue weighted by Gasteiger charge is -2.18. The molecule has 0 amide bonds. The monoisotopic (exact) mass is 750 g/mol. The van der Waals surface area contributed by atoms with Crippen LogP contribution in [0.3, 0.4) is 0 Å². The molecule has 0 aliphatic rings. The Morgan fingerprint density at radius 2 is 0.949 bits per heavy atom. The van der Waals surface area contributed by atoms with Crippen LogP contribution in [0, 0.1) is 0 Å². The third-order valence-corrected chi connectivity index (χ3v) is 11.8. The van der Waals surface area contributed by atoms with Gasteiger partial charge in [-0.3, -0.25) is 4.98 Å². The summed E-state index contributed by atoms with van der Waals surface area (Å²) in [7, 11) is 0. The number of pyridine rings is 2. The van der Waals surface area contributed by atoms with Crippen LogP contribution in [0.5, 0.6) is 0 Å². The lowest BCUT2D eigenvalue weighted by Crippen LogP contribution is -1.96. The van der Waals surface area contributed by atoms with Crippen molar-refractivity contribution in [3.8, 4) is 50.5 Å². The van der Waals surface area contributed by atoms with Crippen molar-refractivity contribution >= 4 is 65.0 Å². The van der Waals surface area contributed by atoms with Crippen LogP contribution in [0.2, 0.25) is 0 Å². The lowest BCUT2D eigenvalue weighted by atomic mass is 9.86. The predicted molar refractivity (Wildman–Crippen MR) is 246 cm³/mol. The summed E-state index contributed by atoms with van der Waals surface area (Å²) in [4.78, 5) is 10.1. The van der Waals surface area contributed by atoms with E-state index >= 15 is 0 Å². The quantitative estimate of drug-likeness (QED) is 0.130. The van der Waals surface area contributed by atoms with E-state index in [1.165, 1.54) is 37.9 Å². The summed E-state index contributed by atoms with van der Waals surface area (Å²) in [5, 5.41) is 15.7. The number of nitrogens with zero attached hydrogens (tertiary/aromatic N) is 4. The maximum absolute atomic E-state index is 5.37. The molecule has 0 radical (unpaired) electrons. The van der Waals surface area contributed by atoms with E-state index in [1.807, 2.05) is 12.3 Å². The van der Waals surface area contributed by atoms with E-state index < -0.39 is 0 Å². The fourth-order valence-electron chi connectivity index (χ4n) is 9.16. The van der Waals surface area contributed by atoms with Crippen LogP contribution < -0.4 is 0 Å². The summed E-state index contributed by atoms with van der Waals surface area (Å²) < 4.78 is 2.13. The molecule has 0 fully saturated rings. The molecule has 0 aliphatic carbocycles. The zero-order valence-corrected chi connectivity index (χ0v) is 31.9. The molecule has 0 N–H and O–H groups in total. The number of para-hydroxylation sites is 1. The maximum Gasteiger partial charge on any atom is 0.101 e. The molecule has 9 aromatic carbocycles. The SMILES string of the molecule is c1ccc(-c2nn(-c3ccccc3)c3c2c(-c2ccc(-c4c5ccccc5c(-c5ccc6ccc7cccnc7c6n5)c5ccccc45)cc2)cc2ccccc23)cc1. The zero-order valence-electron chi connectivity index (χ0n) is 31.9. The first kappa shape index (κ1) is 33.2. The highest BCUT2D eigenvalue weighted by molar-refractivity contribution is 6.22. The lowest BCUT2D eigenvalue weighted by molar-refractivity contribution is 0.918. The van der Waals surface area contributed by atoms with E-state index in [0.29, 0.717) is 0 Å². The molecule has 59 heavy (non-hydrogen) atoms. The Kier molecular flexibility index (Phi) is 7.50. The van der Waals surface area contributed by atoms with Crippen molar-refractivity contribution < 1.29 is 0 Å². The molecule has 4 heteroatoms. The maximum atomic E-state index is 5.37. The minimum absolute atomic E-state index is 0.918. The van der Waals surface area contributed by atoms with Gasteiger partial charge in [0.25, 0.3) is 0 Å². The third-order valence-electron chi connectivity index (χ3n) is 11.8. The molecule has 0 atom stereocenters. The second-order valence-corrected chi connectivity index (χ2v) is 15.2. The van der Waals surface area contributed by atoms with Gasteiger partial charge in [-0.15, -0.1) is 0 Å². The number of fused-ring (bicyclic) bond motifs is 8. The molecule has 12 aromatic rings. The summed E-state index contributed by atoms with van der Waals surface area (Å²) in [5.74, 6) is 0. The molecular formula is C55H34N4. The molecule has 0 saturated heterocycles. The summed E-state index contributed by atoms with van der Waals surface area (Å²) in [5.41, 5.74) is 12.8. The molecule has 274 valence electrons. The first-order chi connectivity index (χ1) is 29.3. The van der Waals surface area contributed by atoms with Crippen LogP contribution in [0.15, 0.2) is 206 Å². The number of hydrogen-bond acceptors (Lipinski definition) is 3. The number of hydrogen-bond donors (Lipinski definition) is 0. The van der Waals surface area contributed by atoms with Gasteiger partial charge in [0.1, 0.15) is 5.69 Å².